The summed E-state index contributed by atoms with van der Waals surface area (Å²) in [7, 11) is 0. The minimum absolute atomic E-state index is 0.428. The number of benzene rings is 2. The molecule has 0 aliphatic carbocycles. The maximum Gasteiger partial charge on any atom is 0.142 e. The van der Waals surface area contributed by atoms with Crippen molar-refractivity contribution >= 4 is 17.0 Å². The molecule has 0 atom stereocenters. The van der Waals surface area contributed by atoms with Crippen molar-refractivity contribution in [2.45, 2.75) is 6.61 Å². The molecule has 4 heteroatoms. The Kier molecular flexibility index (Phi) is 3.65. The second kappa shape index (κ2) is 5.75. The average molecular weight is 282 g/mol. The summed E-state index contributed by atoms with van der Waals surface area (Å²) in [6.07, 6.45) is 0. The average Bonchev–Trinajstić information content (AvgIpc) is 2.96. The zero-order chi connectivity index (χ0) is 13.8. The monoisotopic (exact) mass is 282 g/mol. The number of nitrogens with two attached hydrogens (primary N) is 1. The van der Waals surface area contributed by atoms with Gasteiger partial charge in [0.15, 0.2) is 0 Å². The summed E-state index contributed by atoms with van der Waals surface area (Å²) in [5.74, 6) is 0.696. The van der Waals surface area contributed by atoms with Crippen molar-refractivity contribution in [3.05, 3.63) is 65.7 Å². The second-order valence-corrected chi connectivity index (χ2v) is 5.19. The quantitative estimate of drug-likeness (QED) is 0.736. The van der Waals surface area contributed by atoms with Gasteiger partial charge in [0.25, 0.3) is 0 Å². The molecule has 3 rings (SSSR count). The maximum atomic E-state index is 5.84. The van der Waals surface area contributed by atoms with Gasteiger partial charge in [0, 0.05) is 10.9 Å². The molecule has 0 saturated heterocycles. The van der Waals surface area contributed by atoms with Crippen molar-refractivity contribution < 1.29 is 4.74 Å². The zero-order valence-corrected chi connectivity index (χ0v) is 11.6. The lowest BCUT2D eigenvalue weighted by atomic mass is 10.2. The van der Waals surface area contributed by atoms with Crippen LogP contribution in [-0.4, -0.2) is 4.98 Å². The van der Waals surface area contributed by atoms with Crippen LogP contribution in [0.4, 0.5) is 5.69 Å². The third-order valence-electron chi connectivity index (χ3n) is 2.87. The maximum absolute atomic E-state index is 5.84. The highest BCUT2D eigenvalue weighted by atomic mass is 32.1. The Morgan fingerprint density at radius 3 is 2.55 bits per heavy atom. The molecular weight excluding hydrogens is 268 g/mol. The summed E-state index contributed by atoms with van der Waals surface area (Å²) in [5.41, 5.74) is 8.52. The number of aromatic nitrogens is 1. The first-order valence-electron chi connectivity index (χ1n) is 6.30. The Bertz CT molecular complexity index is 694. The standard InChI is InChI=1S/C16H14N2OS/c17-14-8-4-5-9-15(14)19-10-13-11-20-16(18-13)12-6-2-1-3-7-12/h1-9,11H,10,17H2. The van der Waals surface area contributed by atoms with Crippen LogP contribution in [-0.2, 0) is 6.61 Å². The molecule has 0 fully saturated rings. The van der Waals surface area contributed by atoms with Crippen molar-refractivity contribution in [1.29, 1.82) is 0 Å². The molecule has 1 aromatic heterocycles. The van der Waals surface area contributed by atoms with E-state index in [9.17, 15) is 0 Å². The number of hydrogen-bond acceptors (Lipinski definition) is 4. The highest BCUT2D eigenvalue weighted by Crippen LogP contribution is 2.25. The van der Waals surface area contributed by atoms with E-state index in [1.807, 2.05) is 47.8 Å². The third kappa shape index (κ3) is 2.81. The van der Waals surface area contributed by atoms with Gasteiger partial charge in [-0.05, 0) is 12.1 Å². The second-order valence-electron chi connectivity index (χ2n) is 4.34. The van der Waals surface area contributed by atoms with Gasteiger partial charge in [-0.1, -0.05) is 42.5 Å². The summed E-state index contributed by atoms with van der Waals surface area (Å²) in [6, 6.07) is 17.6. The van der Waals surface area contributed by atoms with Crippen LogP contribution in [0, 0.1) is 0 Å². The molecule has 0 aliphatic rings. The number of nitrogen functional groups attached to an aromatic ring is 1. The molecule has 0 amide bonds. The van der Waals surface area contributed by atoms with E-state index >= 15 is 0 Å². The van der Waals surface area contributed by atoms with Crippen LogP contribution < -0.4 is 10.5 Å². The van der Waals surface area contributed by atoms with E-state index in [4.69, 9.17) is 10.5 Å². The molecule has 0 unspecified atom stereocenters. The fourth-order valence-corrected chi connectivity index (χ4v) is 2.66. The van der Waals surface area contributed by atoms with Crippen molar-refractivity contribution in [3.63, 3.8) is 0 Å². The predicted molar refractivity (Wildman–Crippen MR) is 82.7 cm³/mol. The summed E-state index contributed by atoms with van der Waals surface area (Å²) < 4.78 is 5.69. The first-order chi connectivity index (χ1) is 9.83. The number of nitrogens with zero attached hydrogens (tertiary/aromatic N) is 1. The molecular formula is C16H14N2OS. The van der Waals surface area contributed by atoms with Gasteiger partial charge in [0.1, 0.15) is 17.4 Å². The molecule has 0 saturated carbocycles. The molecule has 2 aromatic carbocycles. The Morgan fingerprint density at radius 2 is 1.75 bits per heavy atom. The van der Waals surface area contributed by atoms with E-state index in [0.29, 0.717) is 18.0 Å². The topological polar surface area (TPSA) is 48.1 Å². The Balaban J connectivity index is 1.71. The van der Waals surface area contributed by atoms with Gasteiger partial charge in [-0.2, -0.15) is 0 Å². The highest BCUT2D eigenvalue weighted by molar-refractivity contribution is 7.13. The molecule has 3 aromatic rings. The summed E-state index contributed by atoms with van der Waals surface area (Å²) >= 11 is 1.62. The SMILES string of the molecule is Nc1ccccc1OCc1csc(-c2ccccc2)n1. The number of hydrogen-bond donors (Lipinski definition) is 1. The molecule has 3 nitrogen and oxygen atoms in total. The number of ether oxygens (including phenoxy) is 1. The summed E-state index contributed by atoms with van der Waals surface area (Å²) in [4.78, 5) is 4.58. The van der Waals surface area contributed by atoms with Gasteiger partial charge in [-0.15, -0.1) is 11.3 Å². The van der Waals surface area contributed by atoms with Crippen LogP contribution in [0.1, 0.15) is 5.69 Å². The van der Waals surface area contributed by atoms with Gasteiger partial charge in [-0.3, -0.25) is 0 Å². The van der Waals surface area contributed by atoms with E-state index in [0.717, 1.165) is 16.3 Å². The van der Waals surface area contributed by atoms with Crippen LogP contribution in [0.3, 0.4) is 0 Å². The van der Waals surface area contributed by atoms with E-state index < -0.39 is 0 Å². The lowest BCUT2D eigenvalue weighted by molar-refractivity contribution is 0.304. The van der Waals surface area contributed by atoms with E-state index in [1.165, 1.54) is 0 Å². The highest BCUT2D eigenvalue weighted by Gasteiger charge is 2.05. The van der Waals surface area contributed by atoms with E-state index in [-0.39, 0.29) is 0 Å². The molecule has 0 aliphatic heterocycles. The number of rotatable bonds is 4. The van der Waals surface area contributed by atoms with Gasteiger partial charge in [0.2, 0.25) is 0 Å². The van der Waals surface area contributed by atoms with Gasteiger partial charge < -0.3 is 10.5 Å². The predicted octanol–water partition coefficient (Wildman–Crippen LogP) is 3.97. The van der Waals surface area contributed by atoms with E-state index in [2.05, 4.69) is 17.1 Å². The molecule has 0 spiro atoms. The van der Waals surface area contributed by atoms with Crippen molar-refractivity contribution in [2.24, 2.45) is 0 Å². The zero-order valence-electron chi connectivity index (χ0n) is 10.8. The van der Waals surface area contributed by atoms with Crippen molar-refractivity contribution in [3.8, 4) is 16.3 Å². The Hall–Kier alpha value is -2.33. The van der Waals surface area contributed by atoms with Gasteiger partial charge >= 0.3 is 0 Å². The molecule has 0 bridgehead atoms. The number of thiazole rings is 1. The van der Waals surface area contributed by atoms with Gasteiger partial charge in [-0.25, -0.2) is 4.98 Å². The molecule has 0 radical (unpaired) electrons. The summed E-state index contributed by atoms with van der Waals surface area (Å²) in [5, 5.41) is 3.02. The fourth-order valence-electron chi connectivity index (χ4n) is 1.85. The van der Waals surface area contributed by atoms with E-state index in [1.54, 1.807) is 11.3 Å². The number of anilines is 1. The number of para-hydroxylation sites is 2. The summed E-state index contributed by atoms with van der Waals surface area (Å²) in [6.45, 7) is 0.428. The molecule has 2 N–H and O–H groups in total. The van der Waals surface area contributed by atoms with Crippen LogP contribution in [0.5, 0.6) is 5.75 Å². The van der Waals surface area contributed by atoms with Crippen LogP contribution in [0.25, 0.3) is 10.6 Å². The Morgan fingerprint density at radius 1 is 1.00 bits per heavy atom. The third-order valence-corrected chi connectivity index (χ3v) is 3.81. The normalized spacial score (nSPS) is 10.4. The molecule has 20 heavy (non-hydrogen) atoms. The first kappa shape index (κ1) is 12.7. The fraction of sp³-hybridized carbons (Fsp3) is 0.0625. The first-order valence-corrected chi connectivity index (χ1v) is 7.18. The smallest absolute Gasteiger partial charge is 0.142 e. The van der Waals surface area contributed by atoms with Gasteiger partial charge in [0.05, 0.1) is 11.4 Å². The van der Waals surface area contributed by atoms with Crippen LogP contribution in [0.2, 0.25) is 0 Å². The lowest BCUT2D eigenvalue weighted by Crippen LogP contribution is -1.98. The largest absolute Gasteiger partial charge is 0.485 e. The lowest BCUT2D eigenvalue weighted by Gasteiger charge is -2.06. The van der Waals surface area contributed by atoms with Crippen molar-refractivity contribution in [2.75, 3.05) is 5.73 Å². The van der Waals surface area contributed by atoms with Crippen molar-refractivity contribution in [1.82, 2.24) is 4.98 Å². The molecule has 1 heterocycles. The van der Waals surface area contributed by atoms with Crippen LogP contribution in [0.15, 0.2) is 60.0 Å². The minimum atomic E-state index is 0.428. The molecule has 100 valence electrons. The van der Waals surface area contributed by atoms with Crippen LogP contribution >= 0.6 is 11.3 Å². The minimum Gasteiger partial charge on any atom is -0.485 e. The Labute approximate surface area is 121 Å².